The highest BCUT2D eigenvalue weighted by Gasteiger charge is 2.13. The van der Waals surface area contributed by atoms with E-state index in [9.17, 15) is 0 Å². The summed E-state index contributed by atoms with van der Waals surface area (Å²) in [5, 5.41) is 6.68. The third-order valence-electron chi connectivity index (χ3n) is 1.74. The molecule has 2 N–H and O–H groups in total. The fraction of sp³-hybridized carbons (Fsp3) is 1.00. The first-order valence-corrected chi connectivity index (χ1v) is 3.87. The van der Waals surface area contributed by atoms with Crippen LogP contribution >= 0.6 is 0 Å². The van der Waals surface area contributed by atoms with Crippen molar-refractivity contribution in [3.05, 3.63) is 0 Å². The van der Waals surface area contributed by atoms with Crippen LogP contribution in [0.5, 0.6) is 0 Å². The largest absolute Gasteiger partial charge is 0.314 e. The normalized spacial score (nSPS) is 19.7. The molecule has 0 aromatic heterocycles. The van der Waals surface area contributed by atoms with Crippen molar-refractivity contribution in [3.63, 3.8) is 0 Å². The van der Waals surface area contributed by atoms with E-state index in [1.807, 2.05) is 0 Å². The first-order chi connectivity index (χ1) is 4.43. The maximum Gasteiger partial charge on any atom is 0.0317 e. The molecule has 2 nitrogen and oxygen atoms in total. The molecule has 0 spiro atoms. The zero-order chi connectivity index (χ0) is 6.53. The van der Waals surface area contributed by atoms with Crippen LogP contribution in [0.4, 0.5) is 0 Å². The van der Waals surface area contributed by atoms with Crippen LogP contribution in [0.3, 0.4) is 0 Å². The molecule has 1 rings (SSSR count). The lowest BCUT2D eigenvalue weighted by Crippen LogP contribution is -2.55. The zero-order valence-electron chi connectivity index (χ0n) is 6.11. The minimum atomic E-state index is 0.775. The molecule has 1 aliphatic rings. The molecule has 0 amide bonds. The second-order valence-electron chi connectivity index (χ2n) is 2.66. The van der Waals surface area contributed by atoms with E-state index >= 15 is 0 Å². The highest BCUT2D eigenvalue weighted by Crippen LogP contribution is 1.91. The van der Waals surface area contributed by atoms with Gasteiger partial charge < -0.3 is 10.6 Å². The van der Waals surface area contributed by atoms with Gasteiger partial charge in [-0.1, -0.05) is 13.3 Å². The number of hydrogen-bond acceptors (Lipinski definition) is 2. The molecule has 0 unspecified atom stereocenters. The predicted octanol–water partition coefficient (Wildman–Crippen LogP) is 0.348. The molecule has 0 aromatic carbocycles. The van der Waals surface area contributed by atoms with Crippen molar-refractivity contribution >= 4 is 0 Å². The number of rotatable bonds is 4. The van der Waals surface area contributed by atoms with Gasteiger partial charge >= 0.3 is 0 Å². The van der Waals surface area contributed by atoms with Crippen LogP contribution in [-0.4, -0.2) is 25.7 Å². The minimum absolute atomic E-state index is 0.775. The predicted molar refractivity (Wildman–Crippen MR) is 39.6 cm³/mol. The van der Waals surface area contributed by atoms with Gasteiger partial charge in [0, 0.05) is 19.1 Å². The van der Waals surface area contributed by atoms with Crippen LogP contribution < -0.4 is 10.6 Å². The third kappa shape index (κ3) is 2.33. The number of nitrogens with one attached hydrogen (secondary N) is 2. The van der Waals surface area contributed by atoms with Crippen LogP contribution in [0.15, 0.2) is 0 Å². The quantitative estimate of drug-likeness (QED) is 0.534. The number of unbranched alkanes of at least 4 members (excludes halogenated alkanes) is 1. The van der Waals surface area contributed by atoms with Gasteiger partial charge in [-0.2, -0.15) is 0 Å². The van der Waals surface area contributed by atoms with E-state index in [0.29, 0.717) is 0 Å². The van der Waals surface area contributed by atoms with Gasteiger partial charge in [-0.25, -0.2) is 0 Å². The lowest BCUT2D eigenvalue weighted by molar-refractivity contribution is 0.365. The molecule has 1 aliphatic heterocycles. The maximum atomic E-state index is 3.46. The summed E-state index contributed by atoms with van der Waals surface area (Å²) in [5.74, 6) is 0. The lowest BCUT2D eigenvalue weighted by atomic mass is 10.2. The Kier molecular flexibility index (Phi) is 3.01. The third-order valence-corrected chi connectivity index (χ3v) is 1.74. The Labute approximate surface area is 57.0 Å². The number of hydrogen-bond donors (Lipinski definition) is 2. The van der Waals surface area contributed by atoms with Crippen molar-refractivity contribution in [2.24, 2.45) is 0 Å². The van der Waals surface area contributed by atoms with Gasteiger partial charge in [-0.15, -0.1) is 0 Å². The summed E-state index contributed by atoms with van der Waals surface area (Å²) in [6.07, 6.45) is 2.61. The summed E-state index contributed by atoms with van der Waals surface area (Å²) < 4.78 is 0. The molecule has 1 heterocycles. The fourth-order valence-electron chi connectivity index (χ4n) is 0.916. The summed E-state index contributed by atoms with van der Waals surface area (Å²) in [7, 11) is 0. The Hall–Kier alpha value is -0.0800. The summed E-state index contributed by atoms with van der Waals surface area (Å²) >= 11 is 0. The zero-order valence-corrected chi connectivity index (χ0v) is 6.11. The van der Waals surface area contributed by atoms with E-state index in [4.69, 9.17) is 0 Å². The van der Waals surface area contributed by atoms with Crippen LogP contribution in [0.1, 0.15) is 19.8 Å². The average molecular weight is 128 g/mol. The van der Waals surface area contributed by atoms with Crippen LogP contribution in [0.25, 0.3) is 0 Å². The van der Waals surface area contributed by atoms with Gasteiger partial charge in [0.2, 0.25) is 0 Å². The van der Waals surface area contributed by atoms with Gasteiger partial charge in [-0.3, -0.25) is 0 Å². The Bertz CT molecular complexity index is 69.3. The van der Waals surface area contributed by atoms with Crippen molar-refractivity contribution in [1.29, 1.82) is 0 Å². The first-order valence-electron chi connectivity index (χ1n) is 3.87. The molecule has 0 bridgehead atoms. The second-order valence-corrected chi connectivity index (χ2v) is 2.66. The van der Waals surface area contributed by atoms with Gasteiger partial charge in [0.05, 0.1) is 0 Å². The van der Waals surface area contributed by atoms with Crippen LogP contribution in [0.2, 0.25) is 0 Å². The molecule has 0 aliphatic carbocycles. The molecule has 1 fully saturated rings. The Morgan fingerprint density at radius 2 is 2.33 bits per heavy atom. The summed E-state index contributed by atoms with van der Waals surface area (Å²) in [5.41, 5.74) is 0. The monoisotopic (exact) mass is 128 g/mol. The second kappa shape index (κ2) is 3.85. The maximum absolute atomic E-state index is 3.46. The van der Waals surface area contributed by atoms with Crippen molar-refractivity contribution in [3.8, 4) is 0 Å². The average Bonchev–Trinajstić information content (AvgIpc) is 1.76. The lowest BCUT2D eigenvalue weighted by Gasteiger charge is -2.27. The van der Waals surface area contributed by atoms with Crippen molar-refractivity contribution in [1.82, 2.24) is 10.6 Å². The standard InChI is InChI=1S/C7H16N2/c1-2-3-4-9-7-5-8-6-7/h7-9H,2-6H2,1H3. The summed E-state index contributed by atoms with van der Waals surface area (Å²) in [6.45, 7) is 5.76. The molecule has 9 heavy (non-hydrogen) atoms. The van der Waals surface area contributed by atoms with E-state index in [2.05, 4.69) is 17.6 Å². The minimum Gasteiger partial charge on any atom is -0.314 e. The molecule has 0 saturated carbocycles. The smallest absolute Gasteiger partial charge is 0.0317 e. The van der Waals surface area contributed by atoms with Gasteiger partial charge in [0.15, 0.2) is 0 Å². The van der Waals surface area contributed by atoms with Crippen molar-refractivity contribution < 1.29 is 0 Å². The van der Waals surface area contributed by atoms with E-state index in [1.54, 1.807) is 0 Å². The van der Waals surface area contributed by atoms with E-state index < -0.39 is 0 Å². The Morgan fingerprint density at radius 1 is 1.56 bits per heavy atom. The Morgan fingerprint density at radius 3 is 2.78 bits per heavy atom. The fourth-order valence-corrected chi connectivity index (χ4v) is 0.916. The summed E-state index contributed by atoms with van der Waals surface area (Å²) in [6, 6.07) is 0.775. The molecular formula is C7H16N2. The van der Waals surface area contributed by atoms with Crippen molar-refractivity contribution in [2.75, 3.05) is 19.6 Å². The molecule has 0 radical (unpaired) electrons. The topological polar surface area (TPSA) is 24.1 Å². The van der Waals surface area contributed by atoms with Gasteiger partial charge in [0.1, 0.15) is 0 Å². The van der Waals surface area contributed by atoms with E-state index in [0.717, 1.165) is 6.04 Å². The molecule has 0 aromatic rings. The van der Waals surface area contributed by atoms with Crippen LogP contribution in [0, 0.1) is 0 Å². The van der Waals surface area contributed by atoms with Gasteiger partial charge in [0.25, 0.3) is 0 Å². The Balaban J connectivity index is 1.80. The molecule has 54 valence electrons. The van der Waals surface area contributed by atoms with E-state index in [1.165, 1.54) is 32.5 Å². The molecule has 1 saturated heterocycles. The highest BCUT2D eigenvalue weighted by molar-refractivity contribution is 4.80. The van der Waals surface area contributed by atoms with Crippen molar-refractivity contribution in [2.45, 2.75) is 25.8 Å². The highest BCUT2D eigenvalue weighted by atomic mass is 15.1. The van der Waals surface area contributed by atoms with E-state index in [-0.39, 0.29) is 0 Å². The van der Waals surface area contributed by atoms with Gasteiger partial charge in [-0.05, 0) is 13.0 Å². The molecular weight excluding hydrogens is 112 g/mol. The van der Waals surface area contributed by atoms with Crippen LogP contribution in [-0.2, 0) is 0 Å². The molecule has 2 heteroatoms. The first kappa shape index (κ1) is 7.03. The SMILES string of the molecule is CCCCNC1CNC1. The molecule has 0 atom stereocenters. The summed E-state index contributed by atoms with van der Waals surface area (Å²) in [4.78, 5) is 0.